The topological polar surface area (TPSA) is 85.9 Å². The maximum Gasteiger partial charge on any atom is 0.267 e. The van der Waals surface area contributed by atoms with Crippen LogP contribution in [0, 0.1) is 0 Å². The molecule has 1 fully saturated rings. The maximum atomic E-state index is 13.5. The summed E-state index contributed by atoms with van der Waals surface area (Å²) >= 11 is 6.05. The van der Waals surface area contributed by atoms with Crippen molar-refractivity contribution in [2.45, 2.75) is 19.4 Å². The fraction of sp³-hybridized carbons (Fsp3) is 0.179. The van der Waals surface area contributed by atoms with Crippen LogP contribution in [-0.2, 0) is 4.79 Å². The Kier molecular flexibility index (Phi) is 5.81. The van der Waals surface area contributed by atoms with Crippen LogP contribution in [0.15, 0.2) is 84.0 Å². The maximum absolute atomic E-state index is 13.5. The number of nitrogens with zero attached hydrogens (tertiary/aromatic N) is 6. The first-order valence-corrected chi connectivity index (χ1v) is 12.4. The van der Waals surface area contributed by atoms with E-state index in [1.165, 1.54) is 10.8 Å². The Morgan fingerprint density at radius 2 is 1.73 bits per heavy atom. The van der Waals surface area contributed by atoms with Crippen molar-refractivity contribution >= 4 is 28.4 Å². The molecule has 0 aliphatic carbocycles. The molecule has 37 heavy (non-hydrogen) atoms. The van der Waals surface area contributed by atoms with Crippen LogP contribution < -0.4 is 5.56 Å². The SMILES string of the molecule is CC(=O)N1CCC(n2ccnc2-c2ccc(-c3nc4ccccc4c(=O)n3-c3ccc(Cl)cn3)cc2)C1. The first-order chi connectivity index (χ1) is 18.0. The lowest BCUT2D eigenvalue weighted by atomic mass is 10.1. The zero-order chi connectivity index (χ0) is 25.5. The van der Waals surface area contributed by atoms with Gasteiger partial charge in [-0.2, -0.15) is 0 Å². The molecular formula is C28H23ClN6O2. The molecule has 0 N–H and O–H groups in total. The van der Waals surface area contributed by atoms with Crippen molar-refractivity contribution < 1.29 is 4.79 Å². The number of hydrogen-bond acceptors (Lipinski definition) is 5. The Balaban J connectivity index is 1.42. The van der Waals surface area contributed by atoms with Crippen LogP contribution in [0.4, 0.5) is 0 Å². The van der Waals surface area contributed by atoms with E-state index in [0.29, 0.717) is 34.1 Å². The molecule has 1 saturated heterocycles. The third-order valence-electron chi connectivity index (χ3n) is 6.79. The van der Waals surface area contributed by atoms with Gasteiger partial charge in [-0.15, -0.1) is 0 Å². The third-order valence-corrected chi connectivity index (χ3v) is 7.01. The number of carbonyl (C=O) groups is 1. The van der Waals surface area contributed by atoms with Gasteiger partial charge in [0.1, 0.15) is 17.5 Å². The van der Waals surface area contributed by atoms with Gasteiger partial charge >= 0.3 is 0 Å². The number of fused-ring (bicyclic) bond motifs is 1. The second-order valence-electron chi connectivity index (χ2n) is 9.07. The summed E-state index contributed by atoms with van der Waals surface area (Å²) in [5.41, 5.74) is 2.12. The van der Waals surface area contributed by atoms with E-state index in [-0.39, 0.29) is 17.5 Å². The second kappa shape index (κ2) is 9.29. The summed E-state index contributed by atoms with van der Waals surface area (Å²) in [6.07, 6.45) is 6.16. The Bertz CT molecular complexity index is 1670. The van der Waals surface area contributed by atoms with Gasteiger partial charge in [0, 0.05) is 49.7 Å². The van der Waals surface area contributed by atoms with E-state index < -0.39 is 0 Å². The molecule has 4 heterocycles. The van der Waals surface area contributed by atoms with Crippen LogP contribution in [0.1, 0.15) is 19.4 Å². The molecule has 2 aromatic carbocycles. The highest BCUT2D eigenvalue weighted by Gasteiger charge is 2.27. The Morgan fingerprint density at radius 3 is 2.43 bits per heavy atom. The van der Waals surface area contributed by atoms with Crippen LogP contribution >= 0.6 is 11.6 Å². The van der Waals surface area contributed by atoms with Crippen molar-refractivity contribution in [3.63, 3.8) is 0 Å². The van der Waals surface area contributed by atoms with Crippen LogP contribution in [0.2, 0.25) is 5.02 Å². The summed E-state index contributed by atoms with van der Waals surface area (Å²) in [6.45, 7) is 3.04. The summed E-state index contributed by atoms with van der Waals surface area (Å²) in [5, 5.41) is 0.999. The van der Waals surface area contributed by atoms with E-state index in [1.807, 2.05) is 53.6 Å². The molecule has 1 unspecified atom stereocenters. The summed E-state index contributed by atoms with van der Waals surface area (Å²) in [4.78, 5) is 41.0. The molecular weight excluding hydrogens is 488 g/mol. The molecule has 0 saturated carbocycles. The Hall–Kier alpha value is -4.30. The zero-order valence-electron chi connectivity index (χ0n) is 20.1. The van der Waals surface area contributed by atoms with Gasteiger partial charge in [0.05, 0.1) is 22.0 Å². The van der Waals surface area contributed by atoms with Gasteiger partial charge in [-0.3, -0.25) is 9.59 Å². The molecule has 0 radical (unpaired) electrons. The number of pyridine rings is 1. The normalized spacial score (nSPS) is 15.4. The molecule has 3 aromatic heterocycles. The second-order valence-corrected chi connectivity index (χ2v) is 9.51. The summed E-state index contributed by atoms with van der Waals surface area (Å²) in [6, 6.07) is 18.7. The van der Waals surface area contributed by atoms with Gasteiger partial charge in [-0.05, 0) is 30.7 Å². The number of carbonyl (C=O) groups excluding carboxylic acids is 1. The first-order valence-electron chi connectivity index (χ1n) is 12.0. The number of halogens is 1. The lowest BCUT2D eigenvalue weighted by Gasteiger charge is -2.17. The Morgan fingerprint density at radius 1 is 0.973 bits per heavy atom. The van der Waals surface area contributed by atoms with E-state index in [4.69, 9.17) is 16.6 Å². The van der Waals surface area contributed by atoms with E-state index in [0.717, 1.165) is 29.9 Å². The van der Waals surface area contributed by atoms with Gasteiger partial charge in [0.15, 0.2) is 0 Å². The standard InChI is InChI=1S/C28H23ClN6O2/c1-18(36)33-14-12-22(17-33)34-15-13-30-26(34)19-6-8-20(9-7-19)27-32-24-5-3-2-4-23(24)28(37)35(27)25-11-10-21(29)16-31-25/h2-11,13,15-16,22H,12,14,17H2,1H3. The van der Waals surface area contributed by atoms with Gasteiger partial charge in [-0.1, -0.05) is 48.0 Å². The van der Waals surface area contributed by atoms with Crippen molar-refractivity contribution in [1.29, 1.82) is 0 Å². The third kappa shape index (κ3) is 4.19. The average molecular weight is 511 g/mol. The number of para-hydroxylation sites is 1. The number of likely N-dealkylation sites (tertiary alicyclic amines) is 1. The van der Waals surface area contributed by atoms with Crippen LogP contribution in [-0.4, -0.2) is 48.0 Å². The zero-order valence-corrected chi connectivity index (χ0v) is 20.8. The van der Waals surface area contributed by atoms with Gasteiger partial charge < -0.3 is 9.47 Å². The lowest BCUT2D eigenvalue weighted by Crippen LogP contribution is -2.26. The van der Waals surface area contributed by atoms with Crippen molar-refractivity contribution in [3.8, 4) is 28.6 Å². The van der Waals surface area contributed by atoms with Gasteiger partial charge in [-0.25, -0.2) is 19.5 Å². The molecule has 1 aliphatic rings. The van der Waals surface area contributed by atoms with E-state index in [2.05, 4.69) is 14.5 Å². The smallest absolute Gasteiger partial charge is 0.267 e. The van der Waals surface area contributed by atoms with E-state index in [1.54, 1.807) is 31.3 Å². The van der Waals surface area contributed by atoms with E-state index in [9.17, 15) is 9.59 Å². The van der Waals surface area contributed by atoms with Crippen molar-refractivity contribution in [3.05, 3.63) is 94.6 Å². The number of hydrogen-bond donors (Lipinski definition) is 0. The summed E-state index contributed by atoms with van der Waals surface area (Å²) < 4.78 is 3.66. The molecule has 8 nitrogen and oxygen atoms in total. The molecule has 0 spiro atoms. The summed E-state index contributed by atoms with van der Waals surface area (Å²) in [7, 11) is 0. The van der Waals surface area contributed by atoms with E-state index >= 15 is 0 Å². The largest absolute Gasteiger partial charge is 0.341 e. The van der Waals surface area contributed by atoms with Gasteiger partial charge in [0.2, 0.25) is 5.91 Å². The molecule has 0 bridgehead atoms. The molecule has 1 aliphatic heterocycles. The highest BCUT2D eigenvalue weighted by Crippen LogP contribution is 2.29. The van der Waals surface area contributed by atoms with Crippen molar-refractivity contribution in [2.75, 3.05) is 13.1 Å². The predicted octanol–water partition coefficient (Wildman–Crippen LogP) is 4.76. The number of rotatable bonds is 4. The fourth-order valence-corrected chi connectivity index (χ4v) is 5.01. The molecule has 184 valence electrons. The number of aromatic nitrogens is 5. The lowest BCUT2D eigenvalue weighted by molar-refractivity contribution is -0.127. The van der Waals surface area contributed by atoms with Crippen LogP contribution in [0.5, 0.6) is 0 Å². The molecule has 9 heteroatoms. The Labute approximate surface area is 217 Å². The molecule has 1 atom stereocenters. The van der Waals surface area contributed by atoms with Crippen LogP contribution in [0.25, 0.3) is 39.5 Å². The number of benzene rings is 2. The van der Waals surface area contributed by atoms with Crippen molar-refractivity contribution in [1.82, 2.24) is 29.0 Å². The number of imidazole rings is 1. The monoisotopic (exact) mass is 510 g/mol. The molecule has 1 amide bonds. The highest BCUT2D eigenvalue weighted by molar-refractivity contribution is 6.30. The average Bonchev–Trinajstić information content (AvgIpc) is 3.60. The van der Waals surface area contributed by atoms with Crippen LogP contribution in [0.3, 0.4) is 0 Å². The quantitative estimate of drug-likeness (QED) is 0.348. The molecule has 6 rings (SSSR count). The molecule has 5 aromatic rings. The number of amides is 1. The fourth-order valence-electron chi connectivity index (χ4n) is 4.89. The minimum Gasteiger partial charge on any atom is -0.341 e. The summed E-state index contributed by atoms with van der Waals surface area (Å²) in [5.74, 6) is 1.86. The minimum atomic E-state index is -0.202. The highest BCUT2D eigenvalue weighted by atomic mass is 35.5. The van der Waals surface area contributed by atoms with Crippen molar-refractivity contribution in [2.24, 2.45) is 0 Å². The first kappa shape index (κ1) is 23.1. The predicted molar refractivity (Wildman–Crippen MR) is 143 cm³/mol. The minimum absolute atomic E-state index is 0.0950. The van der Waals surface area contributed by atoms with Gasteiger partial charge in [0.25, 0.3) is 5.56 Å².